The molecular weight excluding hydrogens is 438 g/mol. The van der Waals surface area contributed by atoms with Crippen molar-refractivity contribution >= 4 is 30.0 Å². The maximum absolute atomic E-state index is 3.65. The molecule has 0 amide bonds. The summed E-state index contributed by atoms with van der Waals surface area (Å²) in [5.41, 5.74) is 5.65. The van der Waals surface area contributed by atoms with Gasteiger partial charge in [0.15, 0.2) is 6.20 Å². The van der Waals surface area contributed by atoms with Crippen molar-refractivity contribution in [1.29, 1.82) is 0 Å². The summed E-state index contributed by atoms with van der Waals surface area (Å²) in [6.45, 7) is 2.14. The van der Waals surface area contributed by atoms with Gasteiger partial charge in [0.2, 0.25) is 0 Å². The Morgan fingerprint density at radius 1 is 0.767 bits per heavy atom. The van der Waals surface area contributed by atoms with Gasteiger partial charge in [0.05, 0.1) is 0 Å². The van der Waals surface area contributed by atoms with E-state index < -0.39 is 0 Å². The normalized spacial score (nSPS) is 10.5. The molecule has 0 N–H and O–H groups in total. The predicted molar refractivity (Wildman–Crippen MR) is 122 cm³/mol. The Kier molecular flexibility index (Phi) is 6.91. The molecule has 0 aliphatic carbocycles. The molecule has 3 heteroatoms. The monoisotopic (exact) mass is 458 g/mol. The molecule has 140 valence electrons. The average Bonchev–Trinajstić information content (AvgIpc) is 2.74. The summed E-state index contributed by atoms with van der Waals surface area (Å²) in [6, 6.07) is 34.9. The van der Waals surface area contributed by atoms with Crippen LogP contribution in [0.25, 0.3) is 43.9 Å². The summed E-state index contributed by atoms with van der Waals surface area (Å²) in [4.78, 5) is 0. The van der Waals surface area contributed by atoms with E-state index in [4.69, 9.17) is 0 Å². The largest absolute Gasteiger partial charge is 0.234 e. The van der Waals surface area contributed by atoms with Gasteiger partial charge in [-0.3, -0.25) is 0 Å². The number of aromatic nitrogens is 1. The van der Waals surface area contributed by atoms with Gasteiger partial charge in [-0.15, -0.1) is 28.5 Å². The number of hydrogen-bond acceptors (Lipinski definition) is 0. The fourth-order valence-electron chi connectivity index (χ4n) is 3.87. The summed E-state index contributed by atoms with van der Waals surface area (Å²) in [7, 11) is 2.07. The van der Waals surface area contributed by atoms with Gasteiger partial charge in [-0.25, -0.2) is 10.1 Å². The fraction of sp³-hybridized carbons (Fsp3) is 0.0741. The van der Waals surface area contributed by atoms with Gasteiger partial charge in [-0.1, -0.05) is 55.0 Å². The van der Waals surface area contributed by atoms with E-state index in [0.29, 0.717) is 0 Å². The number of nitrogens with zero attached hydrogens (tertiary/aromatic N) is 1. The Morgan fingerprint density at radius 3 is 2.37 bits per heavy atom. The molecule has 0 saturated carbocycles. The Labute approximate surface area is 205 Å². The summed E-state index contributed by atoms with van der Waals surface area (Å²) < 4.78 is 2.14. The molecule has 0 spiro atoms. The summed E-state index contributed by atoms with van der Waals surface area (Å²) in [5, 5.41) is 5.01. The van der Waals surface area contributed by atoms with E-state index >= 15 is 0 Å². The van der Waals surface area contributed by atoms with Crippen LogP contribution >= 0.6 is 0 Å². The van der Waals surface area contributed by atoms with E-state index in [2.05, 4.69) is 110 Å². The zero-order valence-corrected chi connectivity index (χ0v) is 20.0. The zero-order chi connectivity index (χ0) is 19.1. The van der Waals surface area contributed by atoms with Crippen LogP contribution in [-0.4, -0.2) is 8.41 Å². The standard InChI is InChI=1S/C27H20N.B.Y/c1-19-10-11-22(17-25(19)27-9-5-6-16-28(27)2)23-15-14-21-13-12-20-7-3-4-8-24(20)26(21)18-23;;/h3-14,16,18H,1-2H3;;/q-1;;. The number of aryl methyl sites for hydroxylation is 2. The third-order valence-corrected chi connectivity index (χ3v) is 5.43. The molecule has 0 saturated heterocycles. The van der Waals surface area contributed by atoms with Crippen molar-refractivity contribution in [3.8, 4) is 22.4 Å². The summed E-state index contributed by atoms with van der Waals surface area (Å²) in [5.74, 6) is 0. The summed E-state index contributed by atoms with van der Waals surface area (Å²) in [6.07, 6.45) is 2.07. The molecule has 30 heavy (non-hydrogen) atoms. The number of pyridine rings is 1. The molecule has 0 atom stereocenters. The van der Waals surface area contributed by atoms with Crippen LogP contribution in [0.15, 0.2) is 85.1 Å². The minimum Gasteiger partial charge on any atom is -0.234 e. The SMILES string of the molecule is Cc1ccc(-c2[c-]cc3ccc4ccccc4c3c2)[c-]c1-c1cccc[n+]1C.[B].[Y]. The molecule has 1 heterocycles. The van der Waals surface area contributed by atoms with Crippen LogP contribution in [0, 0.1) is 19.1 Å². The van der Waals surface area contributed by atoms with Gasteiger partial charge in [-0.2, -0.15) is 29.8 Å². The first-order valence-electron chi connectivity index (χ1n) is 9.52. The van der Waals surface area contributed by atoms with Crippen molar-refractivity contribution in [2.24, 2.45) is 7.05 Å². The molecule has 0 aliphatic heterocycles. The molecule has 5 rings (SSSR count). The van der Waals surface area contributed by atoms with Crippen LogP contribution in [0.3, 0.4) is 0 Å². The second kappa shape index (κ2) is 9.25. The number of rotatable bonds is 2. The number of benzene rings is 4. The number of hydrogen-bond donors (Lipinski definition) is 0. The topological polar surface area (TPSA) is 3.88 Å². The predicted octanol–water partition coefficient (Wildman–Crippen LogP) is 5.68. The Hall–Kier alpha value is -2.28. The Balaban J connectivity index is 0.00000128. The van der Waals surface area contributed by atoms with E-state index in [1.165, 1.54) is 27.1 Å². The van der Waals surface area contributed by atoms with Crippen molar-refractivity contribution in [3.05, 3.63) is 103 Å². The van der Waals surface area contributed by atoms with Crippen molar-refractivity contribution in [1.82, 2.24) is 0 Å². The van der Waals surface area contributed by atoms with Crippen LogP contribution in [0.2, 0.25) is 0 Å². The van der Waals surface area contributed by atoms with Crippen LogP contribution in [0.4, 0.5) is 0 Å². The minimum absolute atomic E-state index is 0. The minimum atomic E-state index is 0. The smallest absolute Gasteiger partial charge is 0.161 e. The van der Waals surface area contributed by atoms with Gasteiger partial charge in [0, 0.05) is 47.2 Å². The molecular formula is C27H20BNY-. The second-order valence-corrected chi connectivity index (χ2v) is 7.26. The first-order chi connectivity index (χ1) is 13.7. The van der Waals surface area contributed by atoms with E-state index in [-0.39, 0.29) is 41.1 Å². The van der Waals surface area contributed by atoms with Gasteiger partial charge < -0.3 is 0 Å². The average molecular weight is 458 g/mol. The summed E-state index contributed by atoms with van der Waals surface area (Å²) >= 11 is 0. The maximum atomic E-state index is 3.65. The third kappa shape index (κ3) is 3.99. The molecule has 0 unspecified atom stereocenters. The molecule has 0 fully saturated rings. The zero-order valence-electron chi connectivity index (χ0n) is 17.2. The van der Waals surface area contributed by atoms with Crippen molar-refractivity contribution in [3.63, 3.8) is 0 Å². The number of fused-ring (bicyclic) bond motifs is 3. The van der Waals surface area contributed by atoms with E-state index in [0.717, 1.165) is 22.4 Å². The third-order valence-electron chi connectivity index (χ3n) is 5.43. The van der Waals surface area contributed by atoms with Gasteiger partial charge in [0.25, 0.3) is 0 Å². The van der Waals surface area contributed by atoms with Crippen LogP contribution < -0.4 is 4.57 Å². The fourth-order valence-corrected chi connectivity index (χ4v) is 3.87. The molecule has 4 radical (unpaired) electrons. The molecule has 1 aromatic heterocycles. The van der Waals surface area contributed by atoms with E-state index in [1.54, 1.807) is 0 Å². The molecule has 1 nitrogen and oxygen atoms in total. The molecule has 0 aliphatic rings. The Bertz CT molecular complexity index is 1340. The van der Waals surface area contributed by atoms with Gasteiger partial charge in [0.1, 0.15) is 12.7 Å². The van der Waals surface area contributed by atoms with Crippen molar-refractivity contribution in [2.45, 2.75) is 6.92 Å². The van der Waals surface area contributed by atoms with Crippen LogP contribution in [0.5, 0.6) is 0 Å². The van der Waals surface area contributed by atoms with Gasteiger partial charge >= 0.3 is 0 Å². The van der Waals surface area contributed by atoms with Crippen LogP contribution in [-0.2, 0) is 39.8 Å². The molecule has 0 bridgehead atoms. The Morgan fingerprint density at radius 2 is 1.53 bits per heavy atom. The second-order valence-electron chi connectivity index (χ2n) is 7.26. The first-order valence-corrected chi connectivity index (χ1v) is 9.52. The molecule has 5 aromatic rings. The quantitative estimate of drug-likeness (QED) is 0.139. The van der Waals surface area contributed by atoms with E-state index in [9.17, 15) is 0 Å². The van der Waals surface area contributed by atoms with Gasteiger partial charge in [-0.05, 0) is 16.8 Å². The van der Waals surface area contributed by atoms with Crippen molar-refractivity contribution in [2.75, 3.05) is 0 Å². The first kappa shape index (κ1) is 22.4. The van der Waals surface area contributed by atoms with E-state index in [1.807, 2.05) is 6.07 Å². The molecule has 4 aromatic carbocycles. The maximum Gasteiger partial charge on any atom is 0.161 e. The van der Waals surface area contributed by atoms with Crippen molar-refractivity contribution < 1.29 is 37.3 Å². The van der Waals surface area contributed by atoms with Crippen LogP contribution in [0.1, 0.15) is 5.56 Å².